The number of carbonyl (C=O) groups excluding carboxylic acids is 2. The molecule has 2 heterocycles. The van der Waals surface area contributed by atoms with Crippen molar-refractivity contribution in [2.24, 2.45) is 11.7 Å². The van der Waals surface area contributed by atoms with E-state index in [9.17, 15) is 9.59 Å². The first kappa shape index (κ1) is 20.1. The third-order valence-corrected chi connectivity index (χ3v) is 5.45. The molecule has 0 spiro atoms. The van der Waals surface area contributed by atoms with E-state index in [0.29, 0.717) is 26.2 Å². The van der Waals surface area contributed by atoms with E-state index in [1.165, 1.54) is 0 Å². The largest absolute Gasteiger partial charge is 0.369 e. The summed E-state index contributed by atoms with van der Waals surface area (Å²) in [5.41, 5.74) is 9.62. The van der Waals surface area contributed by atoms with Crippen molar-refractivity contribution in [3.8, 4) is 5.69 Å². The Labute approximate surface area is 166 Å². The summed E-state index contributed by atoms with van der Waals surface area (Å²) >= 11 is 0. The van der Waals surface area contributed by atoms with Gasteiger partial charge in [-0.3, -0.25) is 14.5 Å². The Bertz CT molecular complexity index is 846. The summed E-state index contributed by atoms with van der Waals surface area (Å²) < 4.78 is 1.95. The van der Waals surface area contributed by atoms with Gasteiger partial charge in [-0.2, -0.15) is 5.10 Å². The number of nitrogens with two attached hydrogens (primary N) is 1. The number of likely N-dealkylation sites (N-methyl/N-ethyl adjacent to an activating group) is 1. The molecule has 0 bridgehead atoms. The van der Waals surface area contributed by atoms with Gasteiger partial charge < -0.3 is 10.6 Å². The minimum Gasteiger partial charge on any atom is -0.369 e. The van der Waals surface area contributed by atoms with Crippen LogP contribution in [-0.4, -0.2) is 58.1 Å². The third kappa shape index (κ3) is 4.42. The smallest absolute Gasteiger partial charge is 0.236 e. The lowest BCUT2D eigenvalue weighted by molar-refractivity contribution is -0.135. The van der Waals surface area contributed by atoms with Gasteiger partial charge in [-0.1, -0.05) is 18.2 Å². The number of piperidine rings is 1. The van der Waals surface area contributed by atoms with Gasteiger partial charge in [0.2, 0.25) is 11.8 Å². The molecule has 1 aromatic heterocycles. The molecule has 0 aliphatic carbocycles. The van der Waals surface area contributed by atoms with Gasteiger partial charge >= 0.3 is 0 Å². The molecule has 150 valence electrons. The molecule has 0 radical (unpaired) electrons. The first-order valence-electron chi connectivity index (χ1n) is 9.73. The highest BCUT2D eigenvalue weighted by Crippen LogP contribution is 2.20. The van der Waals surface area contributed by atoms with Crippen molar-refractivity contribution >= 4 is 11.8 Å². The van der Waals surface area contributed by atoms with Crippen LogP contribution in [0.5, 0.6) is 0 Å². The van der Waals surface area contributed by atoms with Gasteiger partial charge in [0.15, 0.2) is 0 Å². The molecule has 1 saturated heterocycles. The zero-order chi connectivity index (χ0) is 20.3. The summed E-state index contributed by atoms with van der Waals surface area (Å²) in [6.45, 7) is 6.14. The van der Waals surface area contributed by atoms with Crippen LogP contribution in [0.1, 0.15) is 29.8 Å². The molecule has 0 saturated carbocycles. The third-order valence-electron chi connectivity index (χ3n) is 5.45. The van der Waals surface area contributed by atoms with Gasteiger partial charge in [-0.05, 0) is 45.9 Å². The molecule has 2 amide bonds. The molecule has 1 aliphatic rings. The van der Waals surface area contributed by atoms with Crippen molar-refractivity contribution in [1.29, 1.82) is 0 Å². The van der Waals surface area contributed by atoms with Crippen LogP contribution >= 0.6 is 0 Å². The van der Waals surface area contributed by atoms with Crippen LogP contribution in [0.3, 0.4) is 0 Å². The molecule has 1 fully saturated rings. The SMILES string of the molecule is Cc1nn(-c2ccccc2)c(C)c1CN(C)CC(=O)N1CCCC(C(N)=O)C1. The fraction of sp³-hybridized carbons (Fsp3) is 0.476. The Morgan fingerprint density at radius 3 is 2.64 bits per heavy atom. The average Bonchev–Trinajstić information content (AvgIpc) is 2.97. The number of hydrogen-bond donors (Lipinski definition) is 1. The molecule has 7 heteroatoms. The van der Waals surface area contributed by atoms with Gasteiger partial charge in [-0.25, -0.2) is 4.68 Å². The quantitative estimate of drug-likeness (QED) is 0.822. The zero-order valence-electron chi connectivity index (χ0n) is 16.9. The van der Waals surface area contributed by atoms with E-state index in [-0.39, 0.29) is 17.7 Å². The molecule has 7 nitrogen and oxygen atoms in total. The van der Waals surface area contributed by atoms with E-state index in [1.807, 2.05) is 53.9 Å². The summed E-state index contributed by atoms with van der Waals surface area (Å²) in [7, 11) is 1.94. The van der Waals surface area contributed by atoms with Crippen LogP contribution < -0.4 is 5.73 Å². The lowest BCUT2D eigenvalue weighted by Crippen LogP contribution is -2.47. The molecule has 1 aromatic carbocycles. The number of aryl methyl sites for hydroxylation is 1. The van der Waals surface area contributed by atoms with Gasteiger partial charge in [0.1, 0.15) is 0 Å². The number of amides is 2. The number of rotatable bonds is 6. The molecular formula is C21H29N5O2. The van der Waals surface area contributed by atoms with Crippen molar-refractivity contribution in [2.75, 3.05) is 26.7 Å². The molecule has 28 heavy (non-hydrogen) atoms. The van der Waals surface area contributed by atoms with Gasteiger partial charge in [0.25, 0.3) is 0 Å². The second kappa shape index (κ2) is 8.56. The number of likely N-dealkylation sites (tertiary alicyclic amines) is 1. The Balaban J connectivity index is 1.65. The Morgan fingerprint density at radius 2 is 1.96 bits per heavy atom. The predicted octanol–water partition coefficient (Wildman–Crippen LogP) is 1.64. The molecule has 1 aliphatic heterocycles. The minimum absolute atomic E-state index is 0.0409. The maximum Gasteiger partial charge on any atom is 0.236 e. The van der Waals surface area contributed by atoms with E-state index in [4.69, 9.17) is 5.73 Å². The van der Waals surface area contributed by atoms with Crippen LogP contribution in [0.4, 0.5) is 0 Å². The number of hydrogen-bond acceptors (Lipinski definition) is 4. The number of nitrogens with zero attached hydrogens (tertiary/aromatic N) is 4. The molecular weight excluding hydrogens is 354 g/mol. The minimum atomic E-state index is -0.314. The molecule has 2 aromatic rings. The van der Waals surface area contributed by atoms with Crippen molar-refractivity contribution in [3.05, 3.63) is 47.3 Å². The number of aromatic nitrogens is 2. The van der Waals surface area contributed by atoms with Crippen LogP contribution in [0, 0.1) is 19.8 Å². The van der Waals surface area contributed by atoms with Crippen molar-refractivity contribution in [3.63, 3.8) is 0 Å². The summed E-state index contributed by atoms with van der Waals surface area (Å²) in [5, 5.41) is 4.68. The fourth-order valence-electron chi connectivity index (χ4n) is 3.82. The first-order chi connectivity index (χ1) is 13.4. The van der Waals surface area contributed by atoms with E-state index < -0.39 is 0 Å². The maximum absolute atomic E-state index is 12.7. The second-order valence-electron chi connectivity index (χ2n) is 7.65. The average molecular weight is 383 g/mol. The van der Waals surface area contributed by atoms with E-state index in [1.54, 1.807) is 4.90 Å². The topological polar surface area (TPSA) is 84.5 Å². The molecule has 1 unspecified atom stereocenters. The summed E-state index contributed by atoms with van der Waals surface area (Å²) in [4.78, 5) is 27.9. The highest BCUT2D eigenvalue weighted by molar-refractivity contribution is 5.81. The summed E-state index contributed by atoms with van der Waals surface area (Å²) in [6, 6.07) is 10.0. The van der Waals surface area contributed by atoms with E-state index in [2.05, 4.69) is 12.0 Å². The van der Waals surface area contributed by atoms with E-state index >= 15 is 0 Å². The van der Waals surface area contributed by atoms with Crippen LogP contribution in [0.25, 0.3) is 5.69 Å². The first-order valence-corrected chi connectivity index (χ1v) is 9.73. The molecule has 1 atom stereocenters. The van der Waals surface area contributed by atoms with Crippen LogP contribution in [0.2, 0.25) is 0 Å². The normalized spacial score (nSPS) is 17.1. The van der Waals surface area contributed by atoms with Crippen LogP contribution in [0.15, 0.2) is 30.3 Å². The monoisotopic (exact) mass is 383 g/mol. The van der Waals surface area contributed by atoms with Gasteiger partial charge in [0, 0.05) is 30.9 Å². The number of para-hydroxylation sites is 1. The van der Waals surface area contributed by atoms with Crippen molar-refractivity contribution < 1.29 is 9.59 Å². The van der Waals surface area contributed by atoms with Crippen molar-refractivity contribution in [2.45, 2.75) is 33.2 Å². The standard InChI is InChI=1S/C21H29N5O2/c1-15-19(16(2)26(23-15)18-9-5-4-6-10-18)13-24(3)14-20(27)25-11-7-8-17(12-25)21(22)28/h4-6,9-10,17H,7-8,11-14H2,1-3H3,(H2,22,28). The highest BCUT2D eigenvalue weighted by Gasteiger charge is 2.27. The molecule has 3 rings (SSSR count). The Hall–Kier alpha value is -2.67. The molecule has 2 N–H and O–H groups in total. The maximum atomic E-state index is 12.7. The van der Waals surface area contributed by atoms with Crippen LogP contribution in [-0.2, 0) is 16.1 Å². The van der Waals surface area contributed by atoms with Gasteiger partial charge in [0.05, 0.1) is 23.8 Å². The number of benzene rings is 1. The lowest BCUT2D eigenvalue weighted by atomic mass is 9.97. The zero-order valence-corrected chi connectivity index (χ0v) is 16.9. The van der Waals surface area contributed by atoms with Crippen molar-refractivity contribution in [1.82, 2.24) is 19.6 Å². The Kier molecular flexibility index (Phi) is 6.14. The highest BCUT2D eigenvalue weighted by atomic mass is 16.2. The van der Waals surface area contributed by atoms with Gasteiger partial charge in [-0.15, -0.1) is 0 Å². The predicted molar refractivity (Wildman–Crippen MR) is 108 cm³/mol. The summed E-state index contributed by atoms with van der Waals surface area (Å²) in [6.07, 6.45) is 1.59. The number of primary amides is 1. The lowest BCUT2D eigenvalue weighted by Gasteiger charge is -2.32. The second-order valence-corrected chi connectivity index (χ2v) is 7.65. The van der Waals surface area contributed by atoms with E-state index in [0.717, 1.165) is 35.5 Å². The fourth-order valence-corrected chi connectivity index (χ4v) is 3.82. The number of carbonyl (C=O) groups is 2. The summed E-state index contributed by atoms with van der Waals surface area (Å²) in [5.74, 6) is -0.499. The Morgan fingerprint density at radius 1 is 1.25 bits per heavy atom.